The molecule has 0 radical (unpaired) electrons. The molecule has 0 unspecified atom stereocenters. The Morgan fingerprint density at radius 2 is 2.40 bits per heavy atom. The van der Waals surface area contributed by atoms with Gasteiger partial charge in [0.25, 0.3) is 0 Å². The Balaban J connectivity index is 2.68. The molecule has 0 fully saturated rings. The second-order valence-electron chi connectivity index (χ2n) is 2.28. The van der Waals surface area contributed by atoms with Crippen LogP contribution in [0.25, 0.3) is 0 Å². The molecule has 0 aliphatic rings. The van der Waals surface area contributed by atoms with E-state index in [-0.39, 0.29) is 6.04 Å². The van der Waals surface area contributed by atoms with Gasteiger partial charge in [-0.3, -0.25) is 0 Å². The molecule has 56 valence electrons. The van der Waals surface area contributed by atoms with Crippen molar-refractivity contribution in [1.82, 2.24) is 0 Å². The summed E-state index contributed by atoms with van der Waals surface area (Å²) in [5.41, 5.74) is 5.64. The van der Waals surface area contributed by atoms with Crippen LogP contribution in [0.1, 0.15) is 17.8 Å². The van der Waals surface area contributed by atoms with E-state index in [4.69, 9.17) is 10.8 Å². The molecule has 0 aromatic carbocycles. The van der Waals surface area contributed by atoms with Gasteiger partial charge >= 0.3 is 0 Å². The normalized spacial score (nSPS) is 16.7. The van der Waals surface area contributed by atoms with E-state index in [0.29, 0.717) is 0 Å². The van der Waals surface area contributed by atoms with Crippen LogP contribution in [-0.4, -0.2) is 11.2 Å². The Hall–Kier alpha value is -0.380. The minimum atomic E-state index is -0.460. The van der Waals surface area contributed by atoms with Gasteiger partial charge in [-0.15, -0.1) is 11.3 Å². The van der Waals surface area contributed by atoms with Crippen molar-refractivity contribution >= 4 is 11.3 Å². The zero-order chi connectivity index (χ0) is 7.56. The number of thiophene rings is 1. The maximum atomic E-state index is 9.07. The highest BCUT2D eigenvalue weighted by atomic mass is 32.1. The second kappa shape index (κ2) is 3.14. The van der Waals surface area contributed by atoms with Gasteiger partial charge in [0.2, 0.25) is 0 Å². The van der Waals surface area contributed by atoms with E-state index in [1.165, 1.54) is 0 Å². The van der Waals surface area contributed by atoms with Crippen LogP contribution in [0.5, 0.6) is 0 Å². The first-order chi connectivity index (χ1) is 4.72. The highest BCUT2D eigenvalue weighted by Crippen LogP contribution is 2.18. The predicted molar refractivity (Wildman–Crippen MR) is 42.9 cm³/mol. The number of nitrogens with two attached hydrogens (primary N) is 1. The summed E-state index contributed by atoms with van der Waals surface area (Å²) in [4.78, 5) is 1.04. The number of hydrogen-bond donors (Lipinski definition) is 2. The molecule has 0 saturated heterocycles. The fourth-order valence-corrected chi connectivity index (χ4v) is 1.54. The molecule has 1 aromatic heterocycles. The van der Waals surface area contributed by atoms with Crippen LogP contribution in [0.3, 0.4) is 0 Å². The molecular formula is C7H11NOS. The van der Waals surface area contributed by atoms with E-state index in [2.05, 4.69) is 0 Å². The van der Waals surface area contributed by atoms with Crippen LogP contribution in [0, 0.1) is 0 Å². The van der Waals surface area contributed by atoms with Crippen LogP contribution < -0.4 is 5.73 Å². The van der Waals surface area contributed by atoms with E-state index in [0.717, 1.165) is 4.88 Å². The summed E-state index contributed by atoms with van der Waals surface area (Å²) in [7, 11) is 0. The van der Waals surface area contributed by atoms with Gasteiger partial charge in [-0.1, -0.05) is 6.07 Å². The van der Waals surface area contributed by atoms with Gasteiger partial charge < -0.3 is 10.8 Å². The molecule has 0 aliphatic carbocycles. The first-order valence-electron chi connectivity index (χ1n) is 3.19. The highest BCUT2D eigenvalue weighted by molar-refractivity contribution is 7.10. The van der Waals surface area contributed by atoms with Crippen LogP contribution >= 0.6 is 11.3 Å². The van der Waals surface area contributed by atoms with E-state index in [1.54, 1.807) is 18.3 Å². The third kappa shape index (κ3) is 1.56. The Bertz CT molecular complexity index is 183. The number of hydrogen-bond acceptors (Lipinski definition) is 3. The van der Waals surface area contributed by atoms with Crippen molar-refractivity contribution in [3.8, 4) is 0 Å². The predicted octanol–water partition coefficient (Wildman–Crippen LogP) is 1.13. The van der Waals surface area contributed by atoms with Crippen molar-refractivity contribution in [3.63, 3.8) is 0 Å². The van der Waals surface area contributed by atoms with Crippen LogP contribution in [-0.2, 0) is 0 Å². The molecule has 1 aromatic rings. The molecule has 0 amide bonds. The standard InChI is InChI=1S/C7H11NOS/c1-5(9)7(8)6-3-2-4-10-6/h2-5,7,9H,8H2,1H3/t5-,7+/m1/s1. The lowest BCUT2D eigenvalue weighted by atomic mass is 10.2. The van der Waals surface area contributed by atoms with Crippen molar-refractivity contribution in [2.75, 3.05) is 0 Å². The fourth-order valence-electron chi connectivity index (χ4n) is 0.719. The summed E-state index contributed by atoms with van der Waals surface area (Å²) in [6.45, 7) is 1.70. The number of aliphatic hydroxyl groups is 1. The summed E-state index contributed by atoms with van der Waals surface area (Å²) in [5.74, 6) is 0. The summed E-state index contributed by atoms with van der Waals surface area (Å²) in [6, 6.07) is 3.64. The fraction of sp³-hybridized carbons (Fsp3) is 0.429. The van der Waals surface area contributed by atoms with Crippen molar-refractivity contribution < 1.29 is 5.11 Å². The van der Waals surface area contributed by atoms with Gasteiger partial charge in [0, 0.05) is 4.88 Å². The van der Waals surface area contributed by atoms with Gasteiger partial charge in [0.05, 0.1) is 12.1 Å². The van der Waals surface area contributed by atoms with E-state index in [1.807, 2.05) is 17.5 Å². The van der Waals surface area contributed by atoms with Crippen molar-refractivity contribution in [3.05, 3.63) is 22.4 Å². The average molecular weight is 157 g/mol. The third-order valence-corrected chi connectivity index (χ3v) is 2.37. The summed E-state index contributed by atoms with van der Waals surface area (Å²) in [5, 5.41) is 11.0. The zero-order valence-electron chi connectivity index (χ0n) is 5.82. The molecule has 2 nitrogen and oxygen atoms in total. The first-order valence-corrected chi connectivity index (χ1v) is 4.07. The number of aliphatic hydroxyl groups excluding tert-OH is 1. The van der Waals surface area contributed by atoms with Gasteiger partial charge in [-0.2, -0.15) is 0 Å². The van der Waals surface area contributed by atoms with Gasteiger partial charge in [0.15, 0.2) is 0 Å². The molecule has 0 spiro atoms. The monoisotopic (exact) mass is 157 g/mol. The molecule has 0 aliphatic heterocycles. The molecule has 0 saturated carbocycles. The summed E-state index contributed by atoms with van der Waals surface area (Å²) >= 11 is 1.57. The highest BCUT2D eigenvalue weighted by Gasteiger charge is 2.11. The van der Waals surface area contributed by atoms with Gasteiger partial charge in [-0.05, 0) is 18.4 Å². The van der Waals surface area contributed by atoms with Gasteiger partial charge in [0.1, 0.15) is 0 Å². The molecule has 1 heterocycles. The number of rotatable bonds is 2. The van der Waals surface area contributed by atoms with Crippen molar-refractivity contribution in [2.24, 2.45) is 5.73 Å². The van der Waals surface area contributed by atoms with Gasteiger partial charge in [-0.25, -0.2) is 0 Å². The maximum absolute atomic E-state index is 9.07. The lowest BCUT2D eigenvalue weighted by Gasteiger charge is -2.11. The first kappa shape index (κ1) is 7.72. The molecule has 3 N–H and O–H groups in total. The third-order valence-electron chi connectivity index (χ3n) is 1.39. The zero-order valence-corrected chi connectivity index (χ0v) is 6.64. The SMILES string of the molecule is C[C@@H](O)[C@H](N)c1cccs1. The smallest absolute Gasteiger partial charge is 0.0712 e. The van der Waals surface area contributed by atoms with Crippen LogP contribution in [0.4, 0.5) is 0 Å². The van der Waals surface area contributed by atoms with E-state index >= 15 is 0 Å². The van der Waals surface area contributed by atoms with E-state index in [9.17, 15) is 0 Å². The lowest BCUT2D eigenvalue weighted by Crippen LogP contribution is -2.21. The minimum Gasteiger partial charge on any atom is -0.391 e. The Morgan fingerprint density at radius 3 is 2.80 bits per heavy atom. The molecule has 3 heteroatoms. The molecule has 1 rings (SSSR count). The summed E-state index contributed by atoms with van der Waals surface area (Å²) < 4.78 is 0. The molecule has 0 bridgehead atoms. The molecule has 10 heavy (non-hydrogen) atoms. The molecule has 2 atom stereocenters. The van der Waals surface area contributed by atoms with Crippen LogP contribution in [0.2, 0.25) is 0 Å². The topological polar surface area (TPSA) is 46.2 Å². The van der Waals surface area contributed by atoms with Crippen LogP contribution in [0.15, 0.2) is 17.5 Å². The van der Waals surface area contributed by atoms with E-state index < -0.39 is 6.10 Å². The summed E-state index contributed by atoms with van der Waals surface area (Å²) in [6.07, 6.45) is -0.460. The second-order valence-corrected chi connectivity index (χ2v) is 3.26. The average Bonchev–Trinajstić information content (AvgIpc) is 2.36. The lowest BCUT2D eigenvalue weighted by molar-refractivity contribution is 0.165. The maximum Gasteiger partial charge on any atom is 0.0712 e. The Kier molecular flexibility index (Phi) is 2.43. The Labute approximate surface area is 64.3 Å². The Morgan fingerprint density at radius 1 is 1.70 bits per heavy atom. The largest absolute Gasteiger partial charge is 0.391 e. The minimum absolute atomic E-state index is 0.222. The van der Waals surface area contributed by atoms with Crippen molar-refractivity contribution in [2.45, 2.75) is 19.1 Å². The molecular weight excluding hydrogens is 146 g/mol. The van der Waals surface area contributed by atoms with Crippen molar-refractivity contribution in [1.29, 1.82) is 0 Å². The quantitative estimate of drug-likeness (QED) is 0.676.